The van der Waals surface area contributed by atoms with E-state index in [9.17, 15) is 22.0 Å². The van der Waals surface area contributed by atoms with Gasteiger partial charge >= 0.3 is 0 Å². The summed E-state index contributed by atoms with van der Waals surface area (Å²) in [7, 11) is -4.03. The minimum atomic E-state index is -4.03. The molecule has 0 spiro atoms. The Bertz CT molecular complexity index is 837. The number of hydrogen-bond acceptors (Lipinski definition) is 3. The van der Waals surface area contributed by atoms with Gasteiger partial charge in [0.25, 0.3) is 0 Å². The molecule has 0 aromatic heterocycles. The van der Waals surface area contributed by atoms with Crippen molar-refractivity contribution in [3.63, 3.8) is 0 Å². The van der Waals surface area contributed by atoms with Gasteiger partial charge in [-0.2, -0.15) is 4.31 Å². The number of carbonyl (C=O) groups is 1. The summed E-state index contributed by atoms with van der Waals surface area (Å²) in [6.45, 7) is 0.868. The van der Waals surface area contributed by atoms with Crippen LogP contribution in [0.1, 0.15) is 32.1 Å². The summed E-state index contributed by atoms with van der Waals surface area (Å²) in [6, 6.07) is 2.46. The van der Waals surface area contributed by atoms with Crippen LogP contribution in [0.3, 0.4) is 0 Å². The molecule has 2 bridgehead atoms. The van der Waals surface area contributed by atoms with Gasteiger partial charge in [0.15, 0.2) is 0 Å². The molecule has 2 saturated carbocycles. The van der Waals surface area contributed by atoms with Crippen LogP contribution in [0.5, 0.6) is 0 Å². The highest BCUT2D eigenvalue weighted by Crippen LogP contribution is 2.49. The fourth-order valence-electron chi connectivity index (χ4n) is 4.98. The molecule has 4 rings (SSSR count). The number of rotatable bonds is 4. The highest BCUT2D eigenvalue weighted by molar-refractivity contribution is 7.89. The summed E-state index contributed by atoms with van der Waals surface area (Å²) in [4.78, 5) is 13.8. The van der Waals surface area contributed by atoms with Crippen LogP contribution in [0, 0.1) is 29.4 Å². The third-order valence-corrected chi connectivity index (χ3v) is 8.36. The summed E-state index contributed by atoms with van der Waals surface area (Å²) in [5.74, 6) is 0.138. The van der Waals surface area contributed by atoms with E-state index in [2.05, 4.69) is 0 Å². The third kappa shape index (κ3) is 3.61. The van der Waals surface area contributed by atoms with Gasteiger partial charge in [-0.3, -0.25) is 4.79 Å². The van der Waals surface area contributed by atoms with Crippen molar-refractivity contribution in [1.82, 2.24) is 9.21 Å². The number of sulfonamides is 1. The Morgan fingerprint density at radius 3 is 2.41 bits per heavy atom. The zero-order chi connectivity index (χ0) is 19.2. The molecule has 8 heteroatoms. The van der Waals surface area contributed by atoms with Gasteiger partial charge in [0.2, 0.25) is 15.9 Å². The second-order valence-corrected chi connectivity index (χ2v) is 9.91. The SMILES string of the molecule is O=C(CC1CC2CCC1C2)N1CCN(S(=O)(=O)c2ccc(F)cc2F)CC1. The van der Waals surface area contributed by atoms with Crippen molar-refractivity contribution >= 4 is 15.9 Å². The van der Waals surface area contributed by atoms with Gasteiger partial charge in [-0.05, 0) is 49.1 Å². The molecule has 3 atom stereocenters. The Labute approximate surface area is 158 Å². The van der Waals surface area contributed by atoms with Gasteiger partial charge in [-0.25, -0.2) is 17.2 Å². The normalized spacial score (nSPS) is 28.7. The molecular formula is C19H24F2N2O3S. The topological polar surface area (TPSA) is 57.7 Å². The Hall–Kier alpha value is -1.54. The van der Waals surface area contributed by atoms with Crippen LogP contribution in [0.25, 0.3) is 0 Å². The van der Waals surface area contributed by atoms with Crippen molar-refractivity contribution < 1.29 is 22.0 Å². The molecule has 27 heavy (non-hydrogen) atoms. The van der Waals surface area contributed by atoms with Crippen LogP contribution in [-0.4, -0.2) is 49.7 Å². The number of nitrogens with zero attached hydrogens (tertiary/aromatic N) is 2. The Kier molecular flexibility index (Phi) is 4.96. The maximum Gasteiger partial charge on any atom is 0.246 e. The first-order valence-corrected chi connectivity index (χ1v) is 11.0. The van der Waals surface area contributed by atoms with Crippen molar-refractivity contribution in [1.29, 1.82) is 0 Å². The lowest BCUT2D eigenvalue weighted by Crippen LogP contribution is -2.51. The Balaban J connectivity index is 1.36. The number of piperazine rings is 1. The first kappa shape index (κ1) is 18.8. The average Bonchev–Trinajstić information content (AvgIpc) is 3.24. The molecule has 1 aromatic rings. The number of halogens is 2. The number of amides is 1. The van der Waals surface area contributed by atoms with Gasteiger partial charge in [0.05, 0.1) is 0 Å². The quantitative estimate of drug-likeness (QED) is 0.784. The minimum Gasteiger partial charge on any atom is -0.340 e. The van der Waals surface area contributed by atoms with Crippen LogP contribution in [0.15, 0.2) is 23.1 Å². The molecule has 3 fully saturated rings. The van der Waals surface area contributed by atoms with E-state index in [0.717, 1.165) is 24.5 Å². The standard InChI is InChI=1S/C19H24F2N2O3S/c20-16-3-4-18(17(21)12-16)27(25,26)23-7-5-22(6-8-23)19(24)11-15-10-13-1-2-14(15)9-13/h3-4,12-15H,1-2,5-11H2. The lowest BCUT2D eigenvalue weighted by atomic mass is 9.86. The minimum absolute atomic E-state index is 0.0950. The molecule has 0 N–H and O–H groups in total. The lowest BCUT2D eigenvalue weighted by Gasteiger charge is -2.35. The van der Waals surface area contributed by atoms with Gasteiger partial charge in [0.1, 0.15) is 16.5 Å². The lowest BCUT2D eigenvalue weighted by molar-refractivity contribution is -0.133. The zero-order valence-corrected chi connectivity index (χ0v) is 15.9. The molecule has 1 aromatic carbocycles. The fourth-order valence-corrected chi connectivity index (χ4v) is 6.45. The van der Waals surface area contributed by atoms with E-state index in [0.29, 0.717) is 37.4 Å². The van der Waals surface area contributed by atoms with E-state index in [1.54, 1.807) is 4.90 Å². The molecule has 3 aliphatic rings. The highest BCUT2D eigenvalue weighted by atomic mass is 32.2. The number of benzene rings is 1. The molecule has 1 heterocycles. The van der Waals surface area contributed by atoms with Crippen molar-refractivity contribution in [3.8, 4) is 0 Å². The fraction of sp³-hybridized carbons (Fsp3) is 0.632. The number of carbonyl (C=O) groups excluding carboxylic acids is 1. The van der Waals surface area contributed by atoms with Crippen molar-refractivity contribution in [2.24, 2.45) is 17.8 Å². The van der Waals surface area contributed by atoms with Gasteiger partial charge in [0, 0.05) is 38.7 Å². The van der Waals surface area contributed by atoms with Gasteiger partial charge < -0.3 is 4.90 Å². The number of fused-ring (bicyclic) bond motifs is 2. The predicted octanol–water partition coefficient (Wildman–Crippen LogP) is 2.62. The maximum atomic E-state index is 13.9. The van der Waals surface area contributed by atoms with Crippen LogP contribution < -0.4 is 0 Å². The van der Waals surface area contributed by atoms with Crippen LogP contribution >= 0.6 is 0 Å². The first-order valence-electron chi connectivity index (χ1n) is 9.57. The van der Waals surface area contributed by atoms with E-state index in [4.69, 9.17) is 0 Å². The zero-order valence-electron chi connectivity index (χ0n) is 15.1. The molecule has 2 aliphatic carbocycles. The summed E-state index contributed by atoms with van der Waals surface area (Å²) in [5, 5.41) is 0. The first-order chi connectivity index (χ1) is 12.8. The molecule has 5 nitrogen and oxygen atoms in total. The second-order valence-electron chi connectivity index (χ2n) is 8.00. The second kappa shape index (κ2) is 7.13. The average molecular weight is 398 g/mol. The summed E-state index contributed by atoms with van der Waals surface area (Å²) >= 11 is 0. The molecular weight excluding hydrogens is 374 g/mol. The summed E-state index contributed by atoms with van der Waals surface area (Å²) in [5.41, 5.74) is 0. The Morgan fingerprint density at radius 1 is 1.07 bits per heavy atom. The Morgan fingerprint density at radius 2 is 1.81 bits per heavy atom. The van der Waals surface area contributed by atoms with E-state index in [1.807, 2.05) is 0 Å². The van der Waals surface area contributed by atoms with Crippen molar-refractivity contribution in [2.75, 3.05) is 26.2 Å². The third-order valence-electron chi connectivity index (χ3n) is 6.42. The van der Waals surface area contributed by atoms with Crippen LogP contribution in [0.2, 0.25) is 0 Å². The monoisotopic (exact) mass is 398 g/mol. The molecule has 1 saturated heterocycles. The van der Waals surface area contributed by atoms with Crippen LogP contribution in [-0.2, 0) is 14.8 Å². The van der Waals surface area contributed by atoms with E-state index in [-0.39, 0.29) is 19.0 Å². The summed E-state index contributed by atoms with van der Waals surface area (Å²) < 4.78 is 53.4. The smallest absolute Gasteiger partial charge is 0.246 e. The predicted molar refractivity (Wildman–Crippen MR) is 95.3 cm³/mol. The van der Waals surface area contributed by atoms with Crippen LogP contribution in [0.4, 0.5) is 8.78 Å². The van der Waals surface area contributed by atoms with E-state index < -0.39 is 26.6 Å². The largest absolute Gasteiger partial charge is 0.340 e. The van der Waals surface area contributed by atoms with E-state index in [1.165, 1.54) is 23.6 Å². The van der Waals surface area contributed by atoms with Crippen molar-refractivity contribution in [3.05, 3.63) is 29.8 Å². The molecule has 1 aliphatic heterocycles. The number of hydrogen-bond donors (Lipinski definition) is 0. The van der Waals surface area contributed by atoms with Gasteiger partial charge in [-0.1, -0.05) is 6.42 Å². The van der Waals surface area contributed by atoms with Gasteiger partial charge in [-0.15, -0.1) is 0 Å². The van der Waals surface area contributed by atoms with E-state index >= 15 is 0 Å². The highest BCUT2D eigenvalue weighted by Gasteiger charge is 2.41. The molecule has 0 radical (unpaired) electrons. The van der Waals surface area contributed by atoms with Crippen molar-refractivity contribution in [2.45, 2.75) is 37.0 Å². The molecule has 148 valence electrons. The summed E-state index contributed by atoms with van der Waals surface area (Å²) in [6.07, 6.45) is 5.49. The molecule has 3 unspecified atom stereocenters. The molecule has 1 amide bonds. The maximum absolute atomic E-state index is 13.9.